The molecule has 0 aliphatic rings. The second-order valence-corrected chi connectivity index (χ2v) is 6.53. The molecule has 1 unspecified atom stereocenters. The smallest absolute Gasteiger partial charge is 0.350 e. The van der Waals surface area contributed by atoms with Gasteiger partial charge < -0.3 is 9.64 Å². The van der Waals surface area contributed by atoms with Crippen LogP contribution in [0, 0.1) is 12.3 Å². The standard InChI is InChI=1S/C13H22N2O2S/c1-8-10(11(16)17-7)18-12(14-8)15(6)9(2)13(3,4)5/h9H,1-7H3. The summed E-state index contributed by atoms with van der Waals surface area (Å²) in [5.41, 5.74) is 0.884. The molecular weight excluding hydrogens is 248 g/mol. The molecule has 5 heteroatoms. The van der Waals surface area contributed by atoms with E-state index in [2.05, 4.69) is 37.6 Å². The average Bonchev–Trinajstić information content (AvgIpc) is 2.67. The van der Waals surface area contributed by atoms with E-state index in [1.54, 1.807) is 0 Å². The summed E-state index contributed by atoms with van der Waals surface area (Å²) >= 11 is 1.38. The molecule has 1 aromatic rings. The fourth-order valence-electron chi connectivity index (χ4n) is 1.56. The van der Waals surface area contributed by atoms with Crippen molar-refractivity contribution in [1.82, 2.24) is 4.98 Å². The Hall–Kier alpha value is -1.10. The summed E-state index contributed by atoms with van der Waals surface area (Å²) in [5.74, 6) is -0.312. The molecule has 0 saturated heterocycles. The molecule has 1 aromatic heterocycles. The summed E-state index contributed by atoms with van der Waals surface area (Å²) in [7, 11) is 3.40. The Labute approximate surface area is 113 Å². The van der Waals surface area contributed by atoms with Crippen LogP contribution in [0.2, 0.25) is 0 Å². The first kappa shape index (κ1) is 15.0. The van der Waals surface area contributed by atoms with Crippen LogP contribution in [-0.2, 0) is 4.74 Å². The highest BCUT2D eigenvalue weighted by Crippen LogP contribution is 2.31. The number of aromatic nitrogens is 1. The number of aryl methyl sites for hydroxylation is 1. The van der Waals surface area contributed by atoms with Gasteiger partial charge >= 0.3 is 5.97 Å². The van der Waals surface area contributed by atoms with Gasteiger partial charge in [-0.15, -0.1) is 0 Å². The molecule has 1 atom stereocenters. The minimum absolute atomic E-state index is 0.153. The van der Waals surface area contributed by atoms with Crippen LogP contribution < -0.4 is 4.90 Å². The number of hydrogen-bond acceptors (Lipinski definition) is 5. The van der Waals surface area contributed by atoms with Crippen LogP contribution in [0.4, 0.5) is 5.13 Å². The number of thiazole rings is 1. The van der Waals surface area contributed by atoms with Gasteiger partial charge in [0.05, 0.1) is 12.8 Å². The van der Waals surface area contributed by atoms with E-state index >= 15 is 0 Å². The van der Waals surface area contributed by atoms with Crippen LogP contribution in [-0.4, -0.2) is 31.2 Å². The van der Waals surface area contributed by atoms with E-state index in [1.165, 1.54) is 18.4 Å². The van der Waals surface area contributed by atoms with Crippen LogP contribution in [0.5, 0.6) is 0 Å². The zero-order valence-electron chi connectivity index (χ0n) is 12.2. The molecule has 0 aliphatic carbocycles. The highest BCUT2D eigenvalue weighted by molar-refractivity contribution is 7.17. The SMILES string of the molecule is COC(=O)c1sc(N(C)C(C)C(C)(C)C)nc1C. The largest absolute Gasteiger partial charge is 0.465 e. The Kier molecular flexibility index (Phi) is 4.37. The van der Waals surface area contributed by atoms with Crippen LogP contribution >= 0.6 is 11.3 Å². The molecule has 4 nitrogen and oxygen atoms in total. The molecule has 0 bridgehead atoms. The normalized spacial score (nSPS) is 13.3. The summed E-state index contributed by atoms with van der Waals surface area (Å²) in [6, 6.07) is 0.327. The number of esters is 1. The summed E-state index contributed by atoms with van der Waals surface area (Å²) in [6.45, 7) is 10.6. The van der Waals surface area contributed by atoms with Gasteiger partial charge in [-0.05, 0) is 19.3 Å². The Morgan fingerprint density at radius 2 is 2.00 bits per heavy atom. The number of rotatable bonds is 3. The van der Waals surface area contributed by atoms with Gasteiger partial charge in [-0.3, -0.25) is 0 Å². The van der Waals surface area contributed by atoms with Crippen molar-refractivity contribution >= 4 is 22.4 Å². The fourth-order valence-corrected chi connectivity index (χ4v) is 2.59. The molecule has 102 valence electrons. The fraction of sp³-hybridized carbons (Fsp3) is 0.692. The average molecular weight is 270 g/mol. The van der Waals surface area contributed by atoms with E-state index in [-0.39, 0.29) is 11.4 Å². The lowest BCUT2D eigenvalue weighted by molar-refractivity contribution is 0.0605. The van der Waals surface area contributed by atoms with Gasteiger partial charge in [0.25, 0.3) is 0 Å². The highest BCUT2D eigenvalue weighted by atomic mass is 32.1. The Balaban J connectivity index is 3.01. The van der Waals surface area contributed by atoms with Crippen molar-refractivity contribution in [3.63, 3.8) is 0 Å². The molecule has 1 heterocycles. The van der Waals surface area contributed by atoms with E-state index < -0.39 is 0 Å². The van der Waals surface area contributed by atoms with Crippen molar-refractivity contribution in [1.29, 1.82) is 0 Å². The molecule has 0 spiro atoms. The molecule has 18 heavy (non-hydrogen) atoms. The Bertz CT molecular complexity index is 435. The van der Waals surface area contributed by atoms with Gasteiger partial charge in [-0.1, -0.05) is 32.1 Å². The van der Waals surface area contributed by atoms with E-state index in [0.29, 0.717) is 10.9 Å². The first-order chi connectivity index (χ1) is 8.18. The monoisotopic (exact) mass is 270 g/mol. The topological polar surface area (TPSA) is 42.4 Å². The maximum absolute atomic E-state index is 11.6. The zero-order chi connectivity index (χ0) is 14.1. The number of nitrogens with zero attached hydrogens (tertiary/aromatic N) is 2. The van der Waals surface area contributed by atoms with Crippen molar-refractivity contribution in [2.24, 2.45) is 5.41 Å². The van der Waals surface area contributed by atoms with Crippen molar-refractivity contribution in [2.75, 3.05) is 19.1 Å². The molecule has 0 amide bonds. The molecule has 0 aliphatic heterocycles. The lowest BCUT2D eigenvalue weighted by atomic mass is 9.87. The van der Waals surface area contributed by atoms with Gasteiger partial charge in [-0.25, -0.2) is 9.78 Å². The molecule has 0 N–H and O–H groups in total. The van der Waals surface area contributed by atoms with Crippen LogP contribution in [0.1, 0.15) is 43.1 Å². The second-order valence-electron chi connectivity index (χ2n) is 5.56. The van der Waals surface area contributed by atoms with Gasteiger partial charge in [0.2, 0.25) is 0 Å². The zero-order valence-corrected chi connectivity index (χ0v) is 13.0. The maximum atomic E-state index is 11.6. The summed E-state index contributed by atoms with van der Waals surface area (Å²) in [4.78, 5) is 18.7. The summed E-state index contributed by atoms with van der Waals surface area (Å²) < 4.78 is 4.75. The van der Waals surface area contributed by atoms with Gasteiger partial charge in [0.15, 0.2) is 5.13 Å². The van der Waals surface area contributed by atoms with Crippen LogP contribution in [0.25, 0.3) is 0 Å². The Morgan fingerprint density at radius 3 is 2.44 bits per heavy atom. The van der Waals surface area contributed by atoms with Crippen LogP contribution in [0.15, 0.2) is 0 Å². The predicted octanol–water partition coefficient (Wildman–Crippen LogP) is 3.11. The second kappa shape index (κ2) is 5.26. The van der Waals surface area contributed by atoms with E-state index in [0.717, 1.165) is 10.8 Å². The van der Waals surface area contributed by atoms with Crippen molar-refractivity contribution in [3.8, 4) is 0 Å². The number of carbonyl (C=O) groups excluding carboxylic acids is 1. The lowest BCUT2D eigenvalue weighted by Crippen LogP contribution is -2.39. The van der Waals surface area contributed by atoms with Gasteiger partial charge in [0.1, 0.15) is 4.88 Å². The summed E-state index contributed by atoms with van der Waals surface area (Å²) in [5, 5.41) is 0.857. The van der Waals surface area contributed by atoms with E-state index in [9.17, 15) is 4.79 Å². The van der Waals surface area contributed by atoms with Crippen LogP contribution in [0.3, 0.4) is 0 Å². The Morgan fingerprint density at radius 1 is 1.44 bits per heavy atom. The van der Waals surface area contributed by atoms with E-state index in [1.807, 2.05) is 14.0 Å². The molecule has 1 rings (SSSR count). The third-order valence-electron chi connectivity index (χ3n) is 3.29. The maximum Gasteiger partial charge on any atom is 0.350 e. The van der Waals surface area contributed by atoms with Crippen molar-refractivity contribution in [2.45, 2.75) is 40.7 Å². The van der Waals surface area contributed by atoms with E-state index in [4.69, 9.17) is 4.74 Å². The molecule has 0 saturated carbocycles. The molecule has 0 fully saturated rings. The number of carbonyl (C=O) groups is 1. The third-order valence-corrected chi connectivity index (χ3v) is 4.52. The van der Waals surface area contributed by atoms with Crippen molar-refractivity contribution in [3.05, 3.63) is 10.6 Å². The first-order valence-corrected chi connectivity index (χ1v) is 6.78. The first-order valence-electron chi connectivity index (χ1n) is 5.97. The third kappa shape index (κ3) is 3.02. The van der Waals surface area contributed by atoms with Gasteiger partial charge in [0, 0.05) is 13.1 Å². The minimum atomic E-state index is -0.312. The minimum Gasteiger partial charge on any atom is -0.465 e. The predicted molar refractivity (Wildman–Crippen MR) is 75.5 cm³/mol. The summed E-state index contributed by atoms with van der Waals surface area (Å²) in [6.07, 6.45) is 0. The lowest BCUT2D eigenvalue weighted by Gasteiger charge is -2.35. The number of anilines is 1. The molecule has 0 radical (unpaired) electrons. The van der Waals surface area contributed by atoms with Gasteiger partial charge in [-0.2, -0.15) is 0 Å². The highest BCUT2D eigenvalue weighted by Gasteiger charge is 2.27. The quantitative estimate of drug-likeness (QED) is 0.791. The molecular formula is C13H22N2O2S. The number of hydrogen-bond donors (Lipinski definition) is 0. The number of methoxy groups -OCH3 is 1. The number of ether oxygens (including phenoxy) is 1. The molecule has 0 aromatic carbocycles. The van der Waals surface area contributed by atoms with Crippen molar-refractivity contribution < 1.29 is 9.53 Å².